The number of hydrogen-bond acceptors (Lipinski definition) is 9. The van der Waals surface area contributed by atoms with Gasteiger partial charge in [-0.15, -0.1) is 0 Å². The Kier molecular flexibility index (Phi) is 16.5. The molecule has 0 fully saturated rings. The van der Waals surface area contributed by atoms with E-state index in [2.05, 4.69) is 17.2 Å². The number of esters is 1. The van der Waals surface area contributed by atoms with Gasteiger partial charge in [-0.3, -0.25) is 33.3 Å². The highest BCUT2D eigenvalue weighted by atomic mass is 32.2. The molecule has 39 heavy (non-hydrogen) atoms. The third-order valence-corrected chi connectivity index (χ3v) is 6.25. The Morgan fingerprint density at radius 2 is 1.62 bits per heavy atom. The van der Waals surface area contributed by atoms with Crippen LogP contribution in [0.4, 0.5) is 0 Å². The smallest absolute Gasteiger partial charge is 0.325 e. The number of amides is 3. The highest BCUT2D eigenvalue weighted by Crippen LogP contribution is 2.18. The van der Waals surface area contributed by atoms with Gasteiger partial charge in [-0.25, -0.2) is 0 Å². The molecular formula is C24H39N3O11S. The zero-order chi connectivity index (χ0) is 30.2. The molecule has 2 atom stereocenters. The first-order valence-corrected chi connectivity index (χ1v) is 14.0. The van der Waals surface area contributed by atoms with E-state index in [0.717, 1.165) is 0 Å². The summed E-state index contributed by atoms with van der Waals surface area (Å²) in [5, 5.41) is 13.6. The summed E-state index contributed by atoms with van der Waals surface area (Å²) >= 11 is 0. The molecule has 0 radical (unpaired) electrons. The zero-order valence-corrected chi connectivity index (χ0v) is 23.3. The van der Waals surface area contributed by atoms with Crippen molar-refractivity contribution in [3.8, 4) is 0 Å². The van der Waals surface area contributed by atoms with Gasteiger partial charge in [0.15, 0.2) is 0 Å². The topological polar surface area (TPSA) is 214 Å². The molecule has 14 nitrogen and oxygen atoms in total. The molecule has 0 aliphatic heterocycles. The minimum absolute atomic E-state index is 0.0197. The van der Waals surface area contributed by atoms with Gasteiger partial charge in [0, 0.05) is 51.2 Å². The summed E-state index contributed by atoms with van der Waals surface area (Å²) in [4.78, 5) is 73.9. The van der Waals surface area contributed by atoms with Crippen LogP contribution in [0.2, 0.25) is 0 Å². The van der Waals surface area contributed by atoms with Crippen molar-refractivity contribution in [1.29, 1.82) is 0 Å². The second kappa shape index (κ2) is 18.0. The molecule has 222 valence electrons. The van der Waals surface area contributed by atoms with Crippen molar-refractivity contribution < 1.29 is 51.6 Å². The van der Waals surface area contributed by atoms with Gasteiger partial charge in [0.2, 0.25) is 17.7 Å². The van der Waals surface area contributed by atoms with Crippen molar-refractivity contribution >= 4 is 45.6 Å². The molecule has 0 heterocycles. The summed E-state index contributed by atoms with van der Waals surface area (Å²) in [7, 11) is -4.25. The van der Waals surface area contributed by atoms with Crippen LogP contribution < -0.4 is 10.6 Å². The quantitative estimate of drug-likeness (QED) is 0.0853. The van der Waals surface area contributed by atoms with Crippen LogP contribution in [0.15, 0.2) is 12.7 Å². The maximum Gasteiger partial charge on any atom is 0.325 e. The molecule has 3 amide bonds. The van der Waals surface area contributed by atoms with Crippen molar-refractivity contribution in [3.05, 3.63) is 12.7 Å². The van der Waals surface area contributed by atoms with E-state index in [0.29, 0.717) is 0 Å². The maximum absolute atomic E-state index is 12.8. The minimum Gasteiger partial charge on any atom is -0.480 e. The highest BCUT2D eigenvalue weighted by molar-refractivity contribution is 7.85. The number of carbonyl (C=O) groups is 6. The van der Waals surface area contributed by atoms with E-state index >= 15 is 0 Å². The van der Waals surface area contributed by atoms with Crippen molar-refractivity contribution in [2.24, 2.45) is 11.8 Å². The average Bonchev–Trinajstić information content (AvgIpc) is 2.83. The lowest BCUT2D eigenvalue weighted by molar-refractivity contribution is -0.144. The van der Waals surface area contributed by atoms with Crippen LogP contribution in [0, 0.1) is 11.8 Å². The molecule has 0 rings (SSSR count). The molecule has 0 unspecified atom stereocenters. The Morgan fingerprint density at radius 3 is 2.15 bits per heavy atom. The van der Waals surface area contributed by atoms with Crippen LogP contribution in [0.1, 0.15) is 52.9 Å². The normalized spacial score (nSPS) is 12.6. The van der Waals surface area contributed by atoms with Gasteiger partial charge in [-0.2, -0.15) is 8.42 Å². The second-order valence-corrected chi connectivity index (χ2v) is 10.7. The second-order valence-electron chi connectivity index (χ2n) is 9.15. The summed E-state index contributed by atoms with van der Waals surface area (Å²) < 4.78 is 35.1. The first-order chi connectivity index (χ1) is 18.1. The Balaban J connectivity index is 5.15. The number of carboxylic acids is 1. The third-order valence-electron chi connectivity index (χ3n) is 5.53. The molecular weight excluding hydrogens is 538 g/mol. The first-order valence-electron chi connectivity index (χ1n) is 12.4. The summed E-state index contributed by atoms with van der Waals surface area (Å²) in [6.07, 6.45) is 0.260. The van der Waals surface area contributed by atoms with Gasteiger partial charge in [-0.1, -0.05) is 26.5 Å². The third kappa shape index (κ3) is 17.0. The first kappa shape index (κ1) is 35.7. The summed E-state index contributed by atoms with van der Waals surface area (Å²) in [6.45, 7) is 7.61. The number of ether oxygens (including phenoxy) is 1. The van der Waals surface area contributed by atoms with Crippen LogP contribution in [-0.4, -0.2) is 96.5 Å². The maximum atomic E-state index is 12.8. The van der Waals surface area contributed by atoms with Gasteiger partial charge in [-0.05, 0) is 12.8 Å². The number of nitrogens with zero attached hydrogens (tertiary/aromatic N) is 1. The van der Waals surface area contributed by atoms with Gasteiger partial charge in [0.25, 0.3) is 10.1 Å². The molecule has 0 saturated carbocycles. The largest absolute Gasteiger partial charge is 0.480 e. The fourth-order valence-electron chi connectivity index (χ4n) is 3.22. The predicted octanol–water partition coefficient (Wildman–Crippen LogP) is -0.0707. The fourth-order valence-corrected chi connectivity index (χ4v) is 3.58. The van der Waals surface area contributed by atoms with Crippen LogP contribution in [0.3, 0.4) is 0 Å². The number of carboxylic acid groups (broad SMARTS) is 1. The number of Topliss-reactive ketones (excluding diaryl/α,β-unsaturated/α-hetero) is 1. The Bertz CT molecular complexity index is 995. The number of carbonyl (C=O) groups excluding carboxylic acids is 5. The summed E-state index contributed by atoms with van der Waals surface area (Å²) in [5.74, 6) is -5.68. The molecule has 15 heteroatoms. The summed E-state index contributed by atoms with van der Waals surface area (Å²) in [6, 6.07) is -1.13. The van der Waals surface area contributed by atoms with Gasteiger partial charge in [0.1, 0.15) is 18.4 Å². The predicted molar refractivity (Wildman–Crippen MR) is 139 cm³/mol. The van der Waals surface area contributed by atoms with E-state index in [9.17, 15) is 37.2 Å². The van der Waals surface area contributed by atoms with Crippen LogP contribution in [0.25, 0.3) is 0 Å². The van der Waals surface area contributed by atoms with Gasteiger partial charge in [0.05, 0.1) is 12.2 Å². The summed E-state index contributed by atoms with van der Waals surface area (Å²) in [5.41, 5.74) is 0. The van der Waals surface area contributed by atoms with E-state index in [1.54, 1.807) is 13.8 Å². The monoisotopic (exact) mass is 577 g/mol. The van der Waals surface area contributed by atoms with E-state index in [1.807, 2.05) is 0 Å². The average molecular weight is 578 g/mol. The van der Waals surface area contributed by atoms with E-state index in [1.165, 1.54) is 17.9 Å². The van der Waals surface area contributed by atoms with Crippen molar-refractivity contribution in [2.75, 3.05) is 32.0 Å². The number of ketones is 1. The number of aliphatic carboxylic acids is 1. The van der Waals surface area contributed by atoms with Gasteiger partial charge < -0.3 is 25.4 Å². The van der Waals surface area contributed by atoms with Crippen LogP contribution >= 0.6 is 0 Å². The standard InChI is InChI=1S/C24H39N3O11S/c1-5-13-38-22(31)9-12-27(21(30)7-6-20(29)25-10-14-39(35,36)37)11-8-18(28)15-19(16(2)3)23(32)26-17(4)24(33)34/h5,16-17,19H,1,6-15H2,2-4H3,(H,25,29)(H,26,32)(H,33,34)(H,35,36,37)/t17-,19-/m0/s1. The number of hydrogen-bond donors (Lipinski definition) is 4. The number of nitrogens with one attached hydrogen (secondary N) is 2. The van der Waals surface area contributed by atoms with Crippen molar-refractivity contribution in [2.45, 2.75) is 58.9 Å². The minimum atomic E-state index is -4.25. The van der Waals surface area contributed by atoms with Gasteiger partial charge >= 0.3 is 11.9 Å². The molecule has 0 aromatic heterocycles. The zero-order valence-electron chi connectivity index (χ0n) is 22.5. The van der Waals surface area contributed by atoms with E-state index in [-0.39, 0.29) is 70.0 Å². The fraction of sp³-hybridized carbons (Fsp3) is 0.667. The number of rotatable bonds is 20. The molecule has 0 aliphatic rings. The van der Waals surface area contributed by atoms with Crippen LogP contribution in [-0.2, 0) is 43.6 Å². The molecule has 0 saturated heterocycles. The molecule has 0 spiro atoms. The van der Waals surface area contributed by atoms with Crippen molar-refractivity contribution in [1.82, 2.24) is 15.5 Å². The lowest BCUT2D eigenvalue weighted by atomic mass is 9.89. The SMILES string of the molecule is C=CCOC(=O)CCN(CCC(=O)C[C@H](C(=O)N[C@@H](C)C(=O)O)C(C)C)C(=O)CCC(=O)NCCS(=O)(=O)O. The molecule has 4 N–H and O–H groups in total. The Morgan fingerprint density at radius 1 is 1.00 bits per heavy atom. The molecule has 0 aromatic carbocycles. The van der Waals surface area contributed by atoms with Crippen molar-refractivity contribution in [3.63, 3.8) is 0 Å². The Hall–Kier alpha value is -3.33. The highest BCUT2D eigenvalue weighted by Gasteiger charge is 2.28. The molecule has 0 aromatic rings. The molecule has 0 aliphatic carbocycles. The molecule has 0 bridgehead atoms. The van der Waals surface area contributed by atoms with E-state index < -0.39 is 57.5 Å². The lowest BCUT2D eigenvalue weighted by Gasteiger charge is -2.24. The van der Waals surface area contributed by atoms with Crippen LogP contribution in [0.5, 0.6) is 0 Å². The Labute approximate surface area is 228 Å². The van der Waals surface area contributed by atoms with E-state index in [4.69, 9.17) is 14.4 Å². The lowest BCUT2D eigenvalue weighted by Crippen LogP contribution is -2.43.